The monoisotopic (exact) mass is 533 g/mol. The molecule has 0 bridgehead atoms. The molecule has 206 valence electrons. The van der Waals surface area contributed by atoms with E-state index in [1.807, 2.05) is 41.3 Å². The molecule has 1 amide bonds. The Morgan fingerprint density at radius 2 is 1.20 bits per heavy atom. The SMILES string of the molecule is O=C(OC(CCc1ccccc1)N(Cc1ccccc1)Cc1ccccc1)N1CCC(Nc2ccccc2)CC1. The standard InChI is InChI=1S/C35H39N3O2/c39-35(37-25-23-33(24-26-37)36-32-19-11-4-12-20-32)40-34(22-21-29-13-5-1-6-14-29)38(27-30-15-7-2-8-16-30)28-31-17-9-3-10-18-31/h1-20,33-34,36H,21-28H2. The van der Waals surface area contributed by atoms with E-state index in [0.717, 1.165) is 31.4 Å². The molecule has 1 unspecified atom stereocenters. The molecule has 5 heteroatoms. The first kappa shape index (κ1) is 27.5. The van der Waals surface area contributed by atoms with E-state index < -0.39 is 0 Å². The van der Waals surface area contributed by atoms with E-state index in [0.29, 0.717) is 32.2 Å². The predicted molar refractivity (Wildman–Crippen MR) is 162 cm³/mol. The summed E-state index contributed by atoms with van der Waals surface area (Å²) in [6.45, 7) is 2.77. The Morgan fingerprint density at radius 3 is 1.73 bits per heavy atom. The number of nitrogens with zero attached hydrogens (tertiary/aromatic N) is 2. The van der Waals surface area contributed by atoms with Gasteiger partial charge in [-0.1, -0.05) is 109 Å². The van der Waals surface area contributed by atoms with Crippen LogP contribution in [0.15, 0.2) is 121 Å². The lowest BCUT2D eigenvalue weighted by atomic mass is 10.0. The fourth-order valence-corrected chi connectivity index (χ4v) is 5.31. The first-order chi connectivity index (χ1) is 19.7. The summed E-state index contributed by atoms with van der Waals surface area (Å²) in [7, 11) is 0. The van der Waals surface area contributed by atoms with Crippen LogP contribution < -0.4 is 5.32 Å². The molecule has 1 N–H and O–H groups in total. The summed E-state index contributed by atoms with van der Waals surface area (Å²) in [6.07, 6.45) is 2.78. The number of rotatable bonds is 11. The molecule has 0 aliphatic carbocycles. The molecular formula is C35H39N3O2. The Balaban J connectivity index is 1.29. The summed E-state index contributed by atoms with van der Waals surface area (Å²) < 4.78 is 6.36. The largest absolute Gasteiger partial charge is 0.430 e. The van der Waals surface area contributed by atoms with Gasteiger partial charge in [0.25, 0.3) is 0 Å². The minimum atomic E-state index is -0.353. The quantitative estimate of drug-likeness (QED) is 0.205. The third-order valence-corrected chi connectivity index (χ3v) is 7.52. The molecule has 1 aliphatic rings. The smallest absolute Gasteiger partial charge is 0.411 e. The molecule has 0 aromatic heterocycles. The van der Waals surface area contributed by atoms with E-state index in [-0.39, 0.29) is 12.3 Å². The maximum Gasteiger partial charge on any atom is 0.411 e. The van der Waals surface area contributed by atoms with Gasteiger partial charge in [0.2, 0.25) is 0 Å². The van der Waals surface area contributed by atoms with Crippen molar-refractivity contribution in [1.29, 1.82) is 0 Å². The van der Waals surface area contributed by atoms with Gasteiger partial charge in [-0.25, -0.2) is 4.79 Å². The van der Waals surface area contributed by atoms with Crippen LogP contribution in [0.5, 0.6) is 0 Å². The number of carbonyl (C=O) groups is 1. The maximum atomic E-state index is 13.6. The van der Waals surface area contributed by atoms with Crippen molar-refractivity contribution in [2.24, 2.45) is 0 Å². The summed E-state index contributed by atoms with van der Waals surface area (Å²) >= 11 is 0. The highest BCUT2D eigenvalue weighted by molar-refractivity contribution is 5.68. The summed E-state index contributed by atoms with van der Waals surface area (Å²) in [5.41, 5.74) is 4.77. The lowest BCUT2D eigenvalue weighted by Crippen LogP contribution is -2.46. The number of aryl methyl sites for hydroxylation is 1. The number of para-hydroxylation sites is 1. The molecule has 1 heterocycles. The van der Waals surface area contributed by atoms with E-state index in [1.54, 1.807) is 0 Å². The molecule has 4 aromatic rings. The van der Waals surface area contributed by atoms with Crippen LogP contribution in [0.4, 0.5) is 10.5 Å². The molecule has 5 nitrogen and oxygen atoms in total. The zero-order valence-electron chi connectivity index (χ0n) is 23.1. The Hall–Kier alpha value is -4.09. The highest BCUT2D eigenvalue weighted by Gasteiger charge is 2.29. The highest BCUT2D eigenvalue weighted by atomic mass is 16.6. The minimum absolute atomic E-state index is 0.220. The van der Waals surface area contributed by atoms with Crippen molar-refractivity contribution in [3.8, 4) is 0 Å². The van der Waals surface area contributed by atoms with Crippen molar-refractivity contribution in [1.82, 2.24) is 9.80 Å². The Labute approximate surface area is 238 Å². The van der Waals surface area contributed by atoms with Crippen molar-refractivity contribution in [2.45, 2.75) is 51.0 Å². The van der Waals surface area contributed by atoms with E-state index in [1.165, 1.54) is 16.7 Å². The van der Waals surface area contributed by atoms with Gasteiger partial charge in [0.1, 0.15) is 0 Å². The number of carbonyl (C=O) groups excluding carboxylic acids is 1. The van der Waals surface area contributed by atoms with Crippen molar-refractivity contribution in [3.63, 3.8) is 0 Å². The molecule has 4 aromatic carbocycles. The summed E-state index contributed by atoms with van der Waals surface area (Å²) in [5.74, 6) is 0. The summed E-state index contributed by atoms with van der Waals surface area (Å²) in [4.78, 5) is 17.7. The van der Waals surface area contributed by atoms with Crippen LogP contribution in [0, 0.1) is 0 Å². The molecule has 40 heavy (non-hydrogen) atoms. The molecule has 1 aliphatic heterocycles. The third kappa shape index (κ3) is 8.20. The number of hydrogen-bond donors (Lipinski definition) is 1. The summed E-state index contributed by atoms with van der Waals surface area (Å²) in [5, 5.41) is 3.61. The van der Waals surface area contributed by atoms with Gasteiger partial charge in [-0.2, -0.15) is 0 Å². The number of piperidine rings is 1. The number of benzene rings is 4. The van der Waals surface area contributed by atoms with Crippen molar-refractivity contribution in [2.75, 3.05) is 18.4 Å². The highest BCUT2D eigenvalue weighted by Crippen LogP contribution is 2.22. The Bertz CT molecular complexity index is 1240. The second kappa shape index (κ2) is 14.3. The number of nitrogens with one attached hydrogen (secondary N) is 1. The molecule has 5 rings (SSSR count). The molecule has 1 fully saturated rings. The minimum Gasteiger partial charge on any atom is -0.430 e. The van der Waals surface area contributed by atoms with Crippen LogP contribution in [0.2, 0.25) is 0 Å². The summed E-state index contributed by atoms with van der Waals surface area (Å²) in [6, 6.07) is 42.0. The van der Waals surface area contributed by atoms with Crippen molar-refractivity contribution < 1.29 is 9.53 Å². The molecule has 0 spiro atoms. The number of hydrogen-bond acceptors (Lipinski definition) is 4. The first-order valence-corrected chi connectivity index (χ1v) is 14.4. The topological polar surface area (TPSA) is 44.8 Å². The third-order valence-electron chi connectivity index (χ3n) is 7.52. The lowest BCUT2D eigenvalue weighted by molar-refractivity contribution is -0.0434. The fraction of sp³-hybridized carbons (Fsp3) is 0.286. The molecule has 0 radical (unpaired) electrons. The molecule has 0 saturated carbocycles. The van der Waals surface area contributed by atoms with Gasteiger partial charge in [-0.05, 0) is 48.1 Å². The van der Waals surface area contributed by atoms with Gasteiger partial charge in [0.15, 0.2) is 6.23 Å². The van der Waals surface area contributed by atoms with Crippen LogP contribution in [-0.4, -0.2) is 41.3 Å². The van der Waals surface area contributed by atoms with Gasteiger partial charge in [-0.15, -0.1) is 0 Å². The molecule has 1 saturated heterocycles. The average Bonchev–Trinajstić information content (AvgIpc) is 3.01. The van der Waals surface area contributed by atoms with Gasteiger partial charge < -0.3 is 15.0 Å². The van der Waals surface area contributed by atoms with Gasteiger partial charge >= 0.3 is 6.09 Å². The van der Waals surface area contributed by atoms with Crippen LogP contribution in [0.1, 0.15) is 36.0 Å². The van der Waals surface area contributed by atoms with Gasteiger partial charge in [-0.3, -0.25) is 4.90 Å². The normalized spacial score (nSPS) is 14.6. The lowest BCUT2D eigenvalue weighted by Gasteiger charge is -2.36. The number of likely N-dealkylation sites (tertiary alicyclic amines) is 1. The van der Waals surface area contributed by atoms with Gasteiger partial charge in [0, 0.05) is 44.3 Å². The van der Waals surface area contributed by atoms with E-state index in [4.69, 9.17) is 4.74 Å². The van der Waals surface area contributed by atoms with Crippen LogP contribution >= 0.6 is 0 Å². The van der Waals surface area contributed by atoms with Gasteiger partial charge in [0.05, 0.1) is 0 Å². The van der Waals surface area contributed by atoms with Crippen molar-refractivity contribution >= 4 is 11.8 Å². The zero-order valence-corrected chi connectivity index (χ0v) is 23.1. The van der Waals surface area contributed by atoms with E-state index in [2.05, 4.69) is 95.1 Å². The first-order valence-electron chi connectivity index (χ1n) is 14.4. The van der Waals surface area contributed by atoms with E-state index >= 15 is 0 Å². The number of ether oxygens (including phenoxy) is 1. The number of anilines is 1. The number of amides is 1. The van der Waals surface area contributed by atoms with Crippen LogP contribution in [0.25, 0.3) is 0 Å². The predicted octanol–water partition coefficient (Wildman–Crippen LogP) is 7.36. The van der Waals surface area contributed by atoms with Crippen molar-refractivity contribution in [3.05, 3.63) is 138 Å². The molecular weight excluding hydrogens is 494 g/mol. The van der Waals surface area contributed by atoms with Crippen LogP contribution in [-0.2, 0) is 24.2 Å². The molecule has 1 atom stereocenters. The Morgan fingerprint density at radius 1 is 0.725 bits per heavy atom. The van der Waals surface area contributed by atoms with E-state index in [9.17, 15) is 4.79 Å². The fourth-order valence-electron chi connectivity index (χ4n) is 5.31. The van der Waals surface area contributed by atoms with Crippen LogP contribution in [0.3, 0.4) is 0 Å². The average molecular weight is 534 g/mol. The second-order valence-electron chi connectivity index (χ2n) is 10.5. The Kier molecular flexibility index (Phi) is 9.85. The maximum absolute atomic E-state index is 13.6. The second-order valence-corrected chi connectivity index (χ2v) is 10.5. The zero-order chi connectivity index (χ0) is 27.4.